The second kappa shape index (κ2) is 9.10. The molecular formula is C47H32Si. The van der Waals surface area contributed by atoms with Crippen LogP contribution in [0.5, 0.6) is 0 Å². The van der Waals surface area contributed by atoms with Crippen LogP contribution in [0.25, 0.3) is 66.1 Å². The molecule has 0 saturated carbocycles. The lowest BCUT2D eigenvalue weighted by Gasteiger charge is -2.30. The van der Waals surface area contributed by atoms with E-state index in [0.29, 0.717) is 0 Å². The Hall–Kier alpha value is -5.50. The van der Waals surface area contributed by atoms with E-state index in [-0.39, 0.29) is 5.41 Å². The number of fused-ring (bicyclic) bond motifs is 18. The highest BCUT2D eigenvalue weighted by Gasteiger charge is 2.51. The molecule has 11 rings (SSSR count). The van der Waals surface area contributed by atoms with E-state index < -0.39 is 8.07 Å². The summed E-state index contributed by atoms with van der Waals surface area (Å²) in [6, 6.07) is 60.0. The second-order valence-electron chi connectivity index (χ2n) is 14.4. The van der Waals surface area contributed by atoms with Crippen LogP contribution in [-0.4, -0.2) is 8.07 Å². The molecule has 0 saturated heterocycles. The van der Waals surface area contributed by atoms with Crippen LogP contribution in [-0.2, 0) is 5.41 Å². The van der Waals surface area contributed by atoms with Crippen LogP contribution in [0, 0.1) is 0 Å². The standard InChI is InChI=1S/C47H32Si/c1-48(2)44-28-30(24-26-39(44)45-37-18-5-3-13-31(37)32-14-4-6-19-38(32)46(45)48)29-23-25-36-35-17-9-12-22-42(35)47(43(36)27-29)40-20-10-7-15-33(40)34-16-8-11-21-41(34)47/h3-28H,1-2H3. The molecule has 0 radical (unpaired) electrons. The average Bonchev–Trinajstić information content (AvgIpc) is 3.70. The van der Waals surface area contributed by atoms with Gasteiger partial charge in [-0.25, -0.2) is 0 Å². The van der Waals surface area contributed by atoms with E-state index in [1.165, 1.54) is 88.3 Å². The van der Waals surface area contributed by atoms with Crippen LogP contribution in [0.3, 0.4) is 0 Å². The largest absolute Gasteiger partial charge is 0.114 e. The zero-order valence-electron chi connectivity index (χ0n) is 27.0. The molecule has 224 valence electrons. The van der Waals surface area contributed by atoms with Crippen LogP contribution < -0.4 is 10.4 Å². The Morgan fingerprint density at radius 3 is 1.42 bits per heavy atom. The van der Waals surface area contributed by atoms with E-state index in [0.717, 1.165) is 0 Å². The Morgan fingerprint density at radius 1 is 0.375 bits per heavy atom. The maximum atomic E-state index is 2.56. The van der Waals surface area contributed by atoms with Gasteiger partial charge in [-0.2, -0.15) is 0 Å². The first-order chi connectivity index (χ1) is 23.6. The third-order valence-corrected chi connectivity index (χ3v) is 15.4. The van der Waals surface area contributed by atoms with Gasteiger partial charge in [-0.15, -0.1) is 0 Å². The first-order valence-corrected chi connectivity index (χ1v) is 20.1. The zero-order chi connectivity index (χ0) is 31.8. The van der Waals surface area contributed by atoms with E-state index in [2.05, 4.69) is 171 Å². The molecule has 0 aromatic heterocycles. The lowest BCUT2D eigenvalue weighted by Crippen LogP contribution is -2.49. The van der Waals surface area contributed by atoms with Gasteiger partial charge in [0.25, 0.3) is 0 Å². The van der Waals surface area contributed by atoms with Crippen molar-refractivity contribution in [2.45, 2.75) is 18.5 Å². The maximum absolute atomic E-state index is 2.56. The maximum Gasteiger partial charge on any atom is 0.114 e. The summed E-state index contributed by atoms with van der Waals surface area (Å²) in [7, 11) is -2.03. The van der Waals surface area contributed by atoms with Crippen molar-refractivity contribution < 1.29 is 0 Å². The molecule has 0 amide bonds. The Kier molecular flexibility index (Phi) is 5.03. The second-order valence-corrected chi connectivity index (χ2v) is 18.7. The highest BCUT2D eigenvalue weighted by atomic mass is 28.3. The predicted octanol–water partition coefficient (Wildman–Crippen LogP) is 10.8. The summed E-state index contributed by atoms with van der Waals surface area (Å²) in [5.74, 6) is 0. The fraction of sp³-hybridized carbons (Fsp3) is 0.0638. The fourth-order valence-electron chi connectivity index (χ4n) is 9.94. The molecular weight excluding hydrogens is 593 g/mol. The van der Waals surface area contributed by atoms with E-state index in [4.69, 9.17) is 0 Å². The molecule has 0 fully saturated rings. The molecule has 8 aromatic rings. The summed E-state index contributed by atoms with van der Waals surface area (Å²) in [6.07, 6.45) is 0. The van der Waals surface area contributed by atoms with Crippen molar-refractivity contribution in [3.8, 4) is 44.5 Å². The van der Waals surface area contributed by atoms with Crippen molar-refractivity contribution in [2.75, 3.05) is 0 Å². The van der Waals surface area contributed by atoms with Crippen molar-refractivity contribution >= 4 is 40.0 Å². The Bertz CT molecular complexity index is 2650. The van der Waals surface area contributed by atoms with Crippen LogP contribution in [0.15, 0.2) is 158 Å². The van der Waals surface area contributed by atoms with E-state index in [1.807, 2.05) is 0 Å². The molecule has 1 aliphatic heterocycles. The predicted molar refractivity (Wildman–Crippen MR) is 205 cm³/mol. The molecule has 0 nitrogen and oxygen atoms in total. The van der Waals surface area contributed by atoms with Gasteiger partial charge in [-0.1, -0.05) is 165 Å². The number of benzene rings is 8. The fourth-order valence-corrected chi connectivity index (χ4v) is 13.4. The molecule has 0 N–H and O–H groups in total. The minimum atomic E-state index is -2.03. The van der Waals surface area contributed by atoms with E-state index >= 15 is 0 Å². The molecule has 8 aromatic carbocycles. The topological polar surface area (TPSA) is 0 Å². The van der Waals surface area contributed by atoms with Gasteiger partial charge in [0, 0.05) is 0 Å². The van der Waals surface area contributed by atoms with E-state index in [9.17, 15) is 0 Å². The summed E-state index contributed by atoms with van der Waals surface area (Å²) in [5, 5.41) is 8.68. The molecule has 0 bridgehead atoms. The molecule has 0 unspecified atom stereocenters. The number of rotatable bonds is 1. The SMILES string of the molecule is C[Si]1(C)c2cc(-c3ccc4c(c3)C3(c5ccccc5-c5ccccc53)c3ccccc3-4)ccc2-c2c1c1ccccc1c1ccccc21. The van der Waals surface area contributed by atoms with Crippen molar-refractivity contribution in [1.29, 1.82) is 0 Å². The van der Waals surface area contributed by atoms with Gasteiger partial charge in [0.05, 0.1) is 5.41 Å². The summed E-state index contributed by atoms with van der Waals surface area (Å²) < 4.78 is 0. The smallest absolute Gasteiger partial charge is 0.0619 e. The van der Waals surface area contributed by atoms with Crippen LogP contribution in [0.2, 0.25) is 13.1 Å². The van der Waals surface area contributed by atoms with Gasteiger partial charge < -0.3 is 0 Å². The number of hydrogen-bond acceptors (Lipinski definition) is 0. The van der Waals surface area contributed by atoms with Gasteiger partial charge in [-0.3, -0.25) is 0 Å². The van der Waals surface area contributed by atoms with Crippen LogP contribution in [0.1, 0.15) is 22.3 Å². The van der Waals surface area contributed by atoms with Crippen molar-refractivity contribution in [3.05, 3.63) is 180 Å². The quantitative estimate of drug-likeness (QED) is 0.126. The van der Waals surface area contributed by atoms with Crippen LogP contribution >= 0.6 is 0 Å². The average molecular weight is 625 g/mol. The summed E-state index contributed by atoms with van der Waals surface area (Å²) >= 11 is 0. The monoisotopic (exact) mass is 624 g/mol. The first kappa shape index (κ1) is 26.6. The Morgan fingerprint density at radius 2 is 0.812 bits per heavy atom. The van der Waals surface area contributed by atoms with Gasteiger partial charge >= 0.3 is 0 Å². The molecule has 48 heavy (non-hydrogen) atoms. The number of hydrogen-bond donors (Lipinski definition) is 0. The minimum absolute atomic E-state index is 0.325. The van der Waals surface area contributed by atoms with Crippen molar-refractivity contribution in [2.24, 2.45) is 0 Å². The van der Waals surface area contributed by atoms with Gasteiger partial charge in [0.2, 0.25) is 0 Å². The zero-order valence-corrected chi connectivity index (χ0v) is 28.0. The van der Waals surface area contributed by atoms with Gasteiger partial charge in [0.1, 0.15) is 8.07 Å². The van der Waals surface area contributed by atoms with E-state index in [1.54, 1.807) is 10.4 Å². The normalized spacial score (nSPS) is 15.2. The van der Waals surface area contributed by atoms with Gasteiger partial charge in [-0.05, 0) is 105 Å². The Labute approximate surface area is 282 Å². The molecule has 0 atom stereocenters. The summed E-state index contributed by atoms with van der Waals surface area (Å²) in [5.41, 5.74) is 16.1. The first-order valence-electron chi connectivity index (χ1n) is 17.1. The molecule has 3 aliphatic rings. The molecule has 1 heterocycles. The highest BCUT2D eigenvalue weighted by Crippen LogP contribution is 2.63. The lowest BCUT2D eigenvalue weighted by atomic mass is 9.70. The minimum Gasteiger partial charge on any atom is -0.0619 e. The third-order valence-electron chi connectivity index (χ3n) is 11.9. The lowest BCUT2D eigenvalue weighted by molar-refractivity contribution is 0.794. The van der Waals surface area contributed by atoms with Crippen molar-refractivity contribution in [1.82, 2.24) is 0 Å². The van der Waals surface area contributed by atoms with Crippen LogP contribution in [0.4, 0.5) is 0 Å². The molecule has 1 heteroatoms. The molecule has 2 aliphatic carbocycles. The summed E-state index contributed by atoms with van der Waals surface area (Å²) in [6.45, 7) is 5.12. The summed E-state index contributed by atoms with van der Waals surface area (Å²) in [4.78, 5) is 0. The Balaban J connectivity index is 1.16. The van der Waals surface area contributed by atoms with Crippen molar-refractivity contribution in [3.63, 3.8) is 0 Å². The van der Waals surface area contributed by atoms with Gasteiger partial charge in [0.15, 0.2) is 0 Å². The third kappa shape index (κ3) is 3.07. The highest BCUT2D eigenvalue weighted by molar-refractivity contribution is 7.05. The molecule has 1 spiro atoms.